The van der Waals surface area contributed by atoms with Crippen molar-refractivity contribution in [2.75, 3.05) is 13.1 Å². The van der Waals surface area contributed by atoms with Crippen molar-refractivity contribution in [2.45, 2.75) is 18.9 Å². The molecule has 0 bridgehead atoms. The molecule has 2 atom stereocenters. The van der Waals surface area contributed by atoms with Crippen LogP contribution in [0.15, 0.2) is 0 Å². The van der Waals surface area contributed by atoms with Gasteiger partial charge in [-0.3, -0.25) is 4.79 Å². The molecule has 64 valence electrons. The van der Waals surface area contributed by atoms with Crippen molar-refractivity contribution in [1.29, 1.82) is 0 Å². The summed E-state index contributed by atoms with van der Waals surface area (Å²) in [6.07, 6.45) is 0.785. The van der Waals surface area contributed by atoms with Gasteiger partial charge in [-0.2, -0.15) is 0 Å². The summed E-state index contributed by atoms with van der Waals surface area (Å²) in [6, 6.07) is 0. The third-order valence-electron chi connectivity index (χ3n) is 1.97. The van der Waals surface area contributed by atoms with Crippen LogP contribution in [0, 0.1) is 5.92 Å². The standard InChI is InChI=1S/C7H13NO3/c9-6-2-1-5(7(10)11)3-8-4-6/h5-6,8-9H,1-4H2,(H,10,11)/t5-,6+/m0/s1. The Morgan fingerprint density at radius 1 is 1.36 bits per heavy atom. The zero-order valence-electron chi connectivity index (χ0n) is 6.29. The predicted octanol–water partition coefficient (Wildman–Crippen LogP) is -0.568. The highest BCUT2D eigenvalue weighted by atomic mass is 16.4. The van der Waals surface area contributed by atoms with E-state index in [-0.39, 0.29) is 12.0 Å². The molecule has 0 amide bonds. The van der Waals surface area contributed by atoms with Crippen LogP contribution in [-0.2, 0) is 4.79 Å². The molecule has 1 fully saturated rings. The van der Waals surface area contributed by atoms with Crippen LogP contribution in [0.25, 0.3) is 0 Å². The third kappa shape index (κ3) is 2.48. The van der Waals surface area contributed by atoms with Crippen molar-refractivity contribution < 1.29 is 15.0 Å². The van der Waals surface area contributed by atoms with E-state index in [2.05, 4.69) is 5.32 Å². The fourth-order valence-electron chi connectivity index (χ4n) is 1.23. The predicted molar refractivity (Wildman–Crippen MR) is 39.2 cm³/mol. The van der Waals surface area contributed by atoms with Crippen molar-refractivity contribution >= 4 is 5.97 Å². The summed E-state index contributed by atoms with van der Waals surface area (Å²) >= 11 is 0. The Bertz CT molecular complexity index is 149. The SMILES string of the molecule is O=C(O)[C@H]1CC[C@@H](O)CNC1. The zero-order valence-corrected chi connectivity index (χ0v) is 6.29. The number of rotatable bonds is 1. The van der Waals surface area contributed by atoms with Crippen LogP contribution in [0.3, 0.4) is 0 Å². The van der Waals surface area contributed by atoms with E-state index in [0.717, 1.165) is 0 Å². The molecule has 1 aliphatic rings. The fraction of sp³-hybridized carbons (Fsp3) is 0.857. The number of carbonyl (C=O) groups is 1. The Morgan fingerprint density at radius 2 is 2.09 bits per heavy atom. The van der Waals surface area contributed by atoms with Crippen molar-refractivity contribution in [2.24, 2.45) is 5.92 Å². The zero-order chi connectivity index (χ0) is 8.27. The molecule has 1 saturated heterocycles. The molecule has 4 heteroatoms. The Balaban J connectivity index is 2.40. The van der Waals surface area contributed by atoms with Gasteiger partial charge in [0.25, 0.3) is 0 Å². The second-order valence-corrected chi connectivity index (χ2v) is 2.92. The quantitative estimate of drug-likeness (QED) is 0.479. The maximum absolute atomic E-state index is 10.5. The maximum Gasteiger partial charge on any atom is 0.307 e. The average Bonchev–Trinajstić information content (AvgIpc) is 2.13. The molecule has 0 aliphatic carbocycles. The molecule has 11 heavy (non-hydrogen) atoms. The first-order valence-corrected chi connectivity index (χ1v) is 3.81. The third-order valence-corrected chi connectivity index (χ3v) is 1.97. The smallest absolute Gasteiger partial charge is 0.307 e. The largest absolute Gasteiger partial charge is 0.481 e. The lowest BCUT2D eigenvalue weighted by atomic mass is 10.0. The summed E-state index contributed by atoms with van der Waals surface area (Å²) < 4.78 is 0. The second-order valence-electron chi connectivity index (χ2n) is 2.92. The molecule has 0 aromatic rings. The molecule has 0 saturated carbocycles. The molecule has 1 rings (SSSR count). The first kappa shape index (κ1) is 8.49. The van der Waals surface area contributed by atoms with Gasteiger partial charge in [0.2, 0.25) is 0 Å². The number of aliphatic hydroxyl groups excluding tert-OH is 1. The molecule has 4 nitrogen and oxygen atoms in total. The molecule has 0 radical (unpaired) electrons. The van der Waals surface area contributed by atoms with Crippen LogP contribution in [-0.4, -0.2) is 35.4 Å². The monoisotopic (exact) mass is 159 g/mol. The van der Waals surface area contributed by atoms with Crippen LogP contribution in [0.4, 0.5) is 0 Å². The lowest BCUT2D eigenvalue weighted by Gasteiger charge is -2.06. The summed E-state index contributed by atoms with van der Waals surface area (Å²) in [6.45, 7) is 0.996. The first-order valence-electron chi connectivity index (χ1n) is 3.81. The van der Waals surface area contributed by atoms with E-state index < -0.39 is 5.97 Å². The lowest BCUT2D eigenvalue weighted by molar-refractivity contribution is -0.141. The highest BCUT2D eigenvalue weighted by Crippen LogP contribution is 2.11. The van der Waals surface area contributed by atoms with Crippen molar-refractivity contribution in [3.63, 3.8) is 0 Å². The minimum atomic E-state index is -0.772. The molecule has 1 aliphatic heterocycles. The Morgan fingerprint density at radius 3 is 2.73 bits per heavy atom. The molecule has 3 N–H and O–H groups in total. The van der Waals surface area contributed by atoms with Gasteiger partial charge in [-0.1, -0.05) is 0 Å². The summed E-state index contributed by atoms with van der Waals surface area (Å²) in [7, 11) is 0. The van der Waals surface area contributed by atoms with Gasteiger partial charge >= 0.3 is 5.97 Å². The number of β-amino-alcohol motifs (C(OH)–C–C–N with tert-alkyl or cyclic N) is 1. The highest BCUT2D eigenvalue weighted by Gasteiger charge is 2.21. The lowest BCUT2D eigenvalue weighted by Crippen LogP contribution is -2.28. The highest BCUT2D eigenvalue weighted by molar-refractivity contribution is 5.70. The maximum atomic E-state index is 10.5. The number of aliphatic hydroxyl groups is 1. The van der Waals surface area contributed by atoms with E-state index in [9.17, 15) is 4.79 Å². The van der Waals surface area contributed by atoms with Gasteiger partial charge in [0.1, 0.15) is 0 Å². The number of hydrogen-bond donors (Lipinski definition) is 3. The molecular formula is C7H13NO3. The van der Waals surface area contributed by atoms with Gasteiger partial charge in [0.15, 0.2) is 0 Å². The fourth-order valence-corrected chi connectivity index (χ4v) is 1.23. The molecule has 0 aromatic carbocycles. The Hall–Kier alpha value is -0.610. The van der Waals surface area contributed by atoms with E-state index in [4.69, 9.17) is 10.2 Å². The molecule has 0 aromatic heterocycles. The summed E-state index contributed by atoms with van der Waals surface area (Å²) in [4.78, 5) is 10.5. The molecule has 0 spiro atoms. The van der Waals surface area contributed by atoms with Crippen molar-refractivity contribution in [3.05, 3.63) is 0 Å². The van der Waals surface area contributed by atoms with Crippen LogP contribution in [0.2, 0.25) is 0 Å². The minimum absolute atomic E-state index is 0.327. The van der Waals surface area contributed by atoms with E-state index >= 15 is 0 Å². The van der Waals surface area contributed by atoms with Crippen LogP contribution >= 0.6 is 0 Å². The topological polar surface area (TPSA) is 69.6 Å². The minimum Gasteiger partial charge on any atom is -0.481 e. The summed E-state index contributed by atoms with van der Waals surface area (Å²) in [5, 5.41) is 20.7. The van der Waals surface area contributed by atoms with E-state index in [1.807, 2.05) is 0 Å². The first-order chi connectivity index (χ1) is 5.20. The Labute approximate surface area is 65.2 Å². The molecular weight excluding hydrogens is 146 g/mol. The Kier molecular flexibility index (Phi) is 2.84. The molecule has 1 heterocycles. The van der Waals surface area contributed by atoms with Gasteiger partial charge in [-0.15, -0.1) is 0 Å². The van der Waals surface area contributed by atoms with Gasteiger partial charge in [-0.25, -0.2) is 0 Å². The van der Waals surface area contributed by atoms with Gasteiger partial charge in [0, 0.05) is 13.1 Å². The van der Waals surface area contributed by atoms with E-state index in [0.29, 0.717) is 25.9 Å². The van der Waals surface area contributed by atoms with Crippen molar-refractivity contribution in [1.82, 2.24) is 5.32 Å². The van der Waals surface area contributed by atoms with E-state index in [1.54, 1.807) is 0 Å². The average molecular weight is 159 g/mol. The van der Waals surface area contributed by atoms with Gasteiger partial charge in [-0.05, 0) is 12.8 Å². The number of carboxylic acids is 1. The second kappa shape index (κ2) is 3.69. The molecule has 0 unspecified atom stereocenters. The number of aliphatic carboxylic acids is 1. The van der Waals surface area contributed by atoms with Crippen LogP contribution < -0.4 is 5.32 Å². The van der Waals surface area contributed by atoms with E-state index in [1.165, 1.54) is 0 Å². The number of nitrogens with one attached hydrogen (secondary N) is 1. The number of carboxylic acid groups (broad SMARTS) is 1. The number of hydrogen-bond acceptors (Lipinski definition) is 3. The normalized spacial score (nSPS) is 32.8. The van der Waals surface area contributed by atoms with Crippen LogP contribution in [0.5, 0.6) is 0 Å². The summed E-state index contributed by atoms with van der Waals surface area (Å²) in [5.41, 5.74) is 0. The van der Waals surface area contributed by atoms with Gasteiger partial charge in [0.05, 0.1) is 12.0 Å². The summed E-state index contributed by atoms with van der Waals surface area (Å²) in [5.74, 6) is -1.10. The van der Waals surface area contributed by atoms with Gasteiger partial charge < -0.3 is 15.5 Å². The van der Waals surface area contributed by atoms with Crippen LogP contribution in [0.1, 0.15) is 12.8 Å². The van der Waals surface area contributed by atoms with Crippen molar-refractivity contribution in [3.8, 4) is 0 Å².